The summed E-state index contributed by atoms with van der Waals surface area (Å²) in [5.74, 6) is 1.51. The van der Waals surface area contributed by atoms with Crippen molar-refractivity contribution in [3.63, 3.8) is 0 Å². The number of likely N-dealkylation sites (N-methyl/N-ethyl adjacent to an activating group) is 1. The van der Waals surface area contributed by atoms with Crippen LogP contribution in [0.25, 0.3) is 0 Å². The molecule has 0 radical (unpaired) electrons. The lowest BCUT2D eigenvalue weighted by atomic mass is 10.1. The number of sulfone groups is 1. The van der Waals surface area contributed by atoms with Crippen molar-refractivity contribution in [2.24, 2.45) is 4.99 Å². The van der Waals surface area contributed by atoms with Gasteiger partial charge in [0.15, 0.2) is 15.8 Å². The van der Waals surface area contributed by atoms with Gasteiger partial charge in [-0.3, -0.25) is 4.99 Å². The Labute approximate surface area is 203 Å². The number of benzene rings is 2. The molecule has 0 aliphatic heterocycles. The van der Waals surface area contributed by atoms with Crippen molar-refractivity contribution < 1.29 is 13.2 Å². The molecule has 2 aromatic rings. The number of halogens is 1. The first kappa shape index (κ1) is 27.2. The van der Waals surface area contributed by atoms with E-state index in [0.717, 1.165) is 16.9 Å². The van der Waals surface area contributed by atoms with Crippen molar-refractivity contribution in [1.29, 1.82) is 0 Å². The SMILES string of the molecule is CN=C(NCc1ccc(S(C)(=O)=O)c(C)c1)NCC(c1ccc(OC)cc1)N(C)C.I. The third-order valence-electron chi connectivity index (χ3n) is 4.91. The maximum absolute atomic E-state index is 11.8. The Bertz CT molecular complexity index is 977. The zero-order valence-electron chi connectivity index (χ0n) is 19.0. The third-order valence-corrected chi connectivity index (χ3v) is 6.17. The van der Waals surface area contributed by atoms with Crippen LogP contribution < -0.4 is 15.4 Å². The number of rotatable bonds is 8. The van der Waals surface area contributed by atoms with Crippen LogP contribution in [-0.2, 0) is 16.4 Å². The highest BCUT2D eigenvalue weighted by Gasteiger charge is 2.15. The molecule has 0 heterocycles. The Kier molecular flexibility index (Phi) is 10.7. The van der Waals surface area contributed by atoms with Crippen molar-refractivity contribution in [1.82, 2.24) is 15.5 Å². The molecule has 0 saturated carbocycles. The molecular formula is C22H33IN4O3S. The molecule has 2 N–H and O–H groups in total. The van der Waals surface area contributed by atoms with Gasteiger partial charge >= 0.3 is 0 Å². The van der Waals surface area contributed by atoms with E-state index in [1.807, 2.05) is 45.3 Å². The molecule has 31 heavy (non-hydrogen) atoms. The van der Waals surface area contributed by atoms with Crippen LogP contribution in [0.1, 0.15) is 22.7 Å². The van der Waals surface area contributed by atoms with Gasteiger partial charge in [0.1, 0.15) is 5.75 Å². The first-order valence-corrected chi connectivity index (χ1v) is 11.6. The van der Waals surface area contributed by atoms with E-state index in [1.54, 1.807) is 20.2 Å². The number of aliphatic imine (C=N–C) groups is 1. The van der Waals surface area contributed by atoms with E-state index >= 15 is 0 Å². The molecule has 172 valence electrons. The summed E-state index contributed by atoms with van der Waals surface area (Å²) in [5, 5.41) is 6.65. The van der Waals surface area contributed by atoms with Gasteiger partial charge in [-0.15, -0.1) is 24.0 Å². The van der Waals surface area contributed by atoms with Gasteiger partial charge in [-0.25, -0.2) is 8.42 Å². The van der Waals surface area contributed by atoms with E-state index in [-0.39, 0.29) is 30.0 Å². The summed E-state index contributed by atoms with van der Waals surface area (Å²) in [5.41, 5.74) is 2.91. The van der Waals surface area contributed by atoms with Gasteiger partial charge in [-0.2, -0.15) is 0 Å². The second kappa shape index (κ2) is 12.3. The molecule has 7 nitrogen and oxygen atoms in total. The van der Waals surface area contributed by atoms with E-state index < -0.39 is 9.84 Å². The second-order valence-corrected chi connectivity index (χ2v) is 9.42. The summed E-state index contributed by atoms with van der Waals surface area (Å²) >= 11 is 0. The number of methoxy groups -OCH3 is 1. The van der Waals surface area contributed by atoms with E-state index in [1.165, 1.54) is 11.8 Å². The Morgan fingerprint density at radius 1 is 1.13 bits per heavy atom. The number of nitrogens with zero attached hydrogens (tertiary/aromatic N) is 2. The van der Waals surface area contributed by atoms with Crippen LogP contribution in [0, 0.1) is 6.92 Å². The second-order valence-electron chi connectivity index (χ2n) is 7.43. The molecule has 0 amide bonds. The number of nitrogens with one attached hydrogen (secondary N) is 2. The molecule has 1 unspecified atom stereocenters. The van der Waals surface area contributed by atoms with Gasteiger partial charge in [0.2, 0.25) is 0 Å². The fourth-order valence-corrected chi connectivity index (χ4v) is 4.22. The zero-order chi connectivity index (χ0) is 22.3. The molecule has 2 aromatic carbocycles. The van der Waals surface area contributed by atoms with Crippen LogP contribution in [-0.4, -0.2) is 60.3 Å². The summed E-state index contributed by atoms with van der Waals surface area (Å²) in [6.07, 6.45) is 1.23. The van der Waals surface area contributed by atoms with Crippen LogP contribution in [0.4, 0.5) is 0 Å². The molecule has 1 atom stereocenters. The monoisotopic (exact) mass is 560 g/mol. The molecule has 0 aliphatic rings. The first-order valence-electron chi connectivity index (χ1n) is 9.70. The molecule has 2 rings (SSSR count). The standard InChI is InChI=1S/C22H32N4O3S.HI/c1-16-13-17(7-12-21(16)30(6,27)28)14-24-22(23-2)25-15-20(26(3)4)18-8-10-19(29-5)11-9-18;/h7-13,20H,14-15H2,1-6H3,(H2,23,24,25);1H. The van der Waals surface area contributed by atoms with Crippen molar-refractivity contribution in [3.05, 3.63) is 59.2 Å². The highest BCUT2D eigenvalue weighted by molar-refractivity contribution is 14.0. The van der Waals surface area contributed by atoms with Gasteiger partial charge < -0.3 is 20.3 Å². The van der Waals surface area contributed by atoms with Gasteiger partial charge in [-0.1, -0.05) is 24.3 Å². The average molecular weight is 561 g/mol. The van der Waals surface area contributed by atoms with Crippen molar-refractivity contribution >= 4 is 39.8 Å². The smallest absolute Gasteiger partial charge is 0.191 e. The summed E-state index contributed by atoms with van der Waals surface area (Å²) in [6, 6.07) is 13.6. The molecule has 0 aliphatic carbocycles. The van der Waals surface area contributed by atoms with Crippen molar-refractivity contribution in [2.75, 3.05) is 41.1 Å². The Balaban J connectivity index is 0.00000480. The van der Waals surface area contributed by atoms with Gasteiger partial charge in [0.25, 0.3) is 0 Å². The molecule has 0 saturated heterocycles. The van der Waals surface area contributed by atoms with Crippen LogP contribution >= 0.6 is 24.0 Å². The highest BCUT2D eigenvalue weighted by Crippen LogP contribution is 2.21. The molecule has 0 bridgehead atoms. The van der Waals surface area contributed by atoms with Gasteiger partial charge in [-0.05, 0) is 55.9 Å². The lowest BCUT2D eigenvalue weighted by Crippen LogP contribution is -2.41. The summed E-state index contributed by atoms with van der Waals surface area (Å²) < 4.78 is 28.8. The van der Waals surface area contributed by atoms with Gasteiger partial charge in [0, 0.05) is 26.4 Å². The predicted octanol–water partition coefficient (Wildman–Crippen LogP) is 2.99. The van der Waals surface area contributed by atoms with E-state index in [4.69, 9.17) is 4.74 Å². The Morgan fingerprint density at radius 3 is 2.26 bits per heavy atom. The Morgan fingerprint density at radius 2 is 1.77 bits per heavy atom. The number of guanidine groups is 1. The minimum Gasteiger partial charge on any atom is -0.497 e. The maximum Gasteiger partial charge on any atom is 0.191 e. The average Bonchev–Trinajstić information content (AvgIpc) is 2.69. The fourth-order valence-electron chi connectivity index (χ4n) is 3.26. The molecular weight excluding hydrogens is 527 g/mol. The lowest BCUT2D eigenvalue weighted by molar-refractivity contribution is 0.298. The zero-order valence-corrected chi connectivity index (χ0v) is 22.1. The largest absolute Gasteiger partial charge is 0.497 e. The molecule has 9 heteroatoms. The number of aryl methyl sites for hydroxylation is 1. The van der Waals surface area contributed by atoms with Crippen molar-refractivity contribution in [2.45, 2.75) is 24.4 Å². The van der Waals surface area contributed by atoms with E-state index in [0.29, 0.717) is 23.9 Å². The van der Waals surface area contributed by atoms with Crippen LogP contribution in [0.15, 0.2) is 52.4 Å². The highest BCUT2D eigenvalue weighted by atomic mass is 127. The minimum atomic E-state index is -3.21. The number of hydrogen-bond donors (Lipinski definition) is 2. The summed E-state index contributed by atoms with van der Waals surface area (Å²) in [7, 11) is 4.25. The van der Waals surface area contributed by atoms with Crippen LogP contribution in [0.3, 0.4) is 0 Å². The minimum absolute atomic E-state index is 0. The predicted molar refractivity (Wildman–Crippen MR) is 137 cm³/mol. The normalized spacial score (nSPS) is 12.8. The van der Waals surface area contributed by atoms with Crippen LogP contribution in [0.2, 0.25) is 0 Å². The van der Waals surface area contributed by atoms with Gasteiger partial charge in [0.05, 0.1) is 18.0 Å². The lowest BCUT2D eigenvalue weighted by Gasteiger charge is -2.26. The summed E-state index contributed by atoms with van der Waals surface area (Å²) in [4.78, 5) is 6.81. The summed E-state index contributed by atoms with van der Waals surface area (Å²) in [6.45, 7) is 3.02. The topological polar surface area (TPSA) is 83.0 Å². The Hall–Kier alpha value is -1.85. The third kappa shape index (κ3) is 7.97. The first-order chi connectivity index (χ1) is 14.2. The van der Waals surface area contributed by atoms with Crippen molar-refractivity contribution in [3.8, 4) is 5.75 Å². The fraction of sp³-hybridized carbons (Fsp3) is 0.409. The molecule has 0 aromatic heterocycles. The number of hydrogen-bond acceptors (Lipinski definition) is 5. The van der Waals surface area contributed by atoms with Crippen LogP contribution in [0.5, 0.6) is 5.75 Å². The van der Waals surface area contributed by atoms with E-state index in [9.17, 15) is 8.42 Å². The maximum atomic E-state index is 11.8. The van der Waals surface area contributed by atoms with E-state index in [2.05, 4.69) is 32.7 Å². The number of ether oxygens (including phenoxy) is 1. The molecule has 0 spiro atoms. The molecule has 0 fully saturated rings. The quantitative estimate of drug-likeness (QED) is 0.294.